The van der Waals surface area contributed by atoms with E-state index in [1.807, 2.05) is 24.3 Å². The van der Waals surface area contributed by atoms with Gasteiger partial charge in [-0.3, -0.25) is 4.79 Å². The number of hydrogen-bond donors (Lipinski definition) is 2. The van der Waals surface area contributed by atoms with Crippen molar-refractivity contribution in [2.45, 2.75) is 31.2 Å². The lowest BCUT2D eigenvalue weighted by atomic mass is 9.80. The minimum absolute atomic E-state index is 0.0254. The van der Waals surface area contributed by atoms with E-state index in [2.05, 4.69) is 20.3 Å². The van der Waals surface area contributed by atoms with Gasteiger partial charge in [-0.25, -0.2) is 4.63 Å². The summed E-state index contributed by atoms with van der Waals surface area (Å²) in [6, 6.07) is 7.81. The van der Waals surface area contributed by atoms with Crippen molar-refractivity contribution in [3.8, 4) is 5.75 Å². The van der Waals surface area contributed by atoms with Gasteiger partial charge in [-0.15, -0.1) is 0 Å². The molecule has 116 valence electrons. The van der Waals surface area contributed by atoms with Crippen molar-refractivity contribution in [3.05, 3.63) is 29.8 Å². The molecule has 3 rings (SSSR count). The summed E-state index contributed by atoms with van der Waals surface area (Å²) < 4.78 is 9.73. The smallest absolute Gasteiger partial charge is 0.215 e. The number of carbonyl (C=O) groups excluding carboxylic acids is 1. The van der Waals surface area contributed by atoms with E-state index in [4.69, 9.17) is 10.5 Å². The summed E-state index contributed by atoms with van der Waals surface area (Å²) in [5, 5.41) is 10.4. The van der Waals surface area contributed by atoms with Crippen molar-refractivity contribution in [2.75, 3.05) is 18.2 Å². The van der Waals surface area contributed by atoms with Gasteiger partial charge in [0.25, 0.3) is 0 Å². The number of nitrogens with one attached hydrogen (secondary N) is 1. The van der Waals surface area contributed by atoms with Crippen LogP contribution in [0.5, 0.6) is 5.75 Å². The Morgan fingerprint density at radius 3 is 2.68 bits per heavy atom. The number of aromatic nitrogens is 2. The summed E-state index contributed by atoms with van der Waals surface area (Å²) in [6.45, 7) is 0. The quantitative estimate of drug-likeness (QED) is 0.890. The van der Waals surface area contributed by atoms with Crippen LogP contribution in [0.15, 0.2) is 28.9 Å². The Bertz CT molecular complexity index is 653. The number of rotatable bonds is 4. The first-order valence-electron chi connectivity index (χ1n) is 7.16. The number of nitrogen functional groups attached to an aromatic ring is 1. The zero-order chi connectivity index (χ0) is 15.5. The Morgan fingerprint density at radius 2 is 2.05 bits per heavy atom. The Hall–Kier alpha value is -2.57. The predicted octanol–water partition coefficient (Wildman–Crippen LogP) is 1.98. The molecule has 2 atom stereocenters. The molecule has 7 heteroatoms. The molecule has 1 aromatic carbocycles. The van der Waals surface area contributed by atoms with E-state index >= 15 is 0 Å². The van der Waals surface area contributed by atoms with Crippen LogP contribution in [0.3, 0.4) is 0 Å². The standard InChI is InChI=1S/C15H18N4O3/c1-21-13-4-2-9(3-5-13)10-6-11(8-12(20)7-10)17-15-14(16)18-22-19-15/h2-5,10-11H,6-8H2,1H3,(H2,16,18)(H,17,19)/t10-,11-/m0/s1. The fourth-order valence-electron chi connectivity index (χ4n) is 2.87. The summed E-state index contributed by atoms with van der Waals surface area (Å²) in [5.41, 5.74) is 6.77. The topological polar surface area (TPSA) is 103 Å². The predicted molar refractivity (Wildman–Crippen MR) is 80.7 cm³/mol. The molecule has 3 N–H and O–H groups in total. The number of benzene rings is 1. The molecule has 1 aromatic heterocycles. The normalized spacial score (nSPS) is 21.6. The zero-order valence-electron chi connectivity index (χ0n) is 12.3. The lowest BCUT2D eigenvalue weighted by Crippen LogP contribution is -2.31. The Morgan fingerprint density at radius 1 is 1.27 bits per heavy atom. The molecule has 0 saturated heterocycles. The van der Waals surface area contributed by atoms with E-state index in [0.717, 1.165) is 17.7 Å². The highest BCUT2D eigenvalue weighted by Gasteiger charge is 2.29. The van der Waals surface area contributed by atoms with Crippen LogP contribution in [0.25, 0.3) is 0 Å². The highest BCUT2D eigenvalue weighted by atomic mass is 16.6. The highest BCUT2D eigenvalue weighted by molar-refractivity contribution is 5.81. The Labute approximate surface area is 127 Å². The second-order valence-electron chi connectivity index (χ2n) is 5.49. The van der Waals surface area contributed by atoms with Crippen LogP contribution in [-0.4, -0.2) is 29.2 Å². The first-order valence-corrected chi connectivity index (χ1v) is 7.16. The molecule has 0 spiro atoms. The molecular formula is C15H18N4O3. The van der Waals surface area contributed by atoms with Gasteiger partial charge in [-0.2, -0.15) is 0 Å². The third kappa shape index (κ3) is 3.03. The van der Waals surface area contributed by atoms with Crippen molar-refractivity contribution in [3.63, 3.8) is 0 Å². The molecule has 1 heterocycles. The SMILES string of the molecule is COc1ccc([C@@H]2CC(=O)C[C@@H](Nc3nonc3N)C2)cc1. The second kappa shape index (κ2) is 6.05. The fourth-order valence-corrected chi connectivity index (χ4v) is 2.87. The number of nitrogens with zero attached hydrogens (tertiary/aromatic N) is 2. The molecule has 0 bridgehead atoms. The number of ketones is 1. The molecular weight excluding hydrogens is 284 g/mol. The first-order chi connectivity index (χ1) is 10.7. The maximum atomic E-state index is 12.0. The summed E-state index contributed by atoms with van der Waals surface area (Å²) in [4.78, 5) is 12.0. The largest absolute Gasteiger partial charge is 0.497 e. The van der Waals surface area contributed by atoms with Gasteiger partial charge in [0, 0.05) is 18.9 Å². The van der Waals surface area contributed by atoms with Crippen LogP contribution >= 0.6 is 0 Å². The third-order valence-corrected chi connectivity index (χ3v) is 3.96. The monoisotopic (exact) mass is 302 g/mol. The van der Waals surface area contributed by atoms with Crippen molar-refractivity contribution in [1.29, 1.82) is 0 Å². The van der Waals surface area contributed by atoms with Crippen molar-refractivity contribution >= 4 is 17.4 Å². The van der Waals surface area contributed by atoms with E-state index in [1.165, 1.54) is 0 Å². The van der Waals surface area contributed by atoms with Crippen LogP contribution in [0, 0.1) is 0 Å². The van der Waals surface area contributed by atoms with Crippen molar-refractivity contribution < 1.29 is 14.2 Å². The number of Topliss-reactive ketones (excluding diaryl/α,β-unsaturated/α-hetero) is 1. The number of ether oxygens (including phenoxy) is 1. The molecule has 2 aromatic rings. The van der Waals surface area contributed by atoms with Crippen molar-refractivity contribution in [1.82, 2.24) is 10.3 Å². The van der Waals surface area contributed by atoms with E-state index in [1.54, 1.807) is 7.11 Å². The Kier molecular flexibility index (Phi) is 3.95. The highest BCUT2D eigenvalue weighted by Crippen LogP contribution is 2.33. The first kappa shape index (κ1) is 14.4. The molecule has 0 aliphatic heterocycles. The van der Waals surface area contributed by atoms with Crippen LogP contribution in [0.2, 0.25) is 0 Å². The maximum absolute atomic E-state index is 12.0. The number of nitrogens with two attached hydrogens (primary N) is 1. The van der Waals surface area contributed by atoms with Gasteiger partial charge in [-0.05, 0) is 40.3 Å². The molecule has 1 aliphatic carbocycles. The average Bonchev–Trinajstić information content (AvgIpc) is 2.92. The molecule has 0 amide bonds. The number of methoxy groups -OCH3 is 1. The molecule has 1 aliphatic rings. The number of hydrogen-bond acceptors (Lipinski definition) is 7. The van der Waals surface area contributed by atoms with E-state index in [-0.39, 0.29) is 23.6 Å². The van der Waals surface area contributed by atoms with Gasteiger partial charge >= 0.3 is 0 Å². The Balaban J connectivity index is 1.72. The van der Waals surface area contributed by atoms with Gasteiger partial charge in [0.2, 0.25) is 11.6 Å². The van der Waals surface area contributed by atoms with Crippen LogP contribution in [0.1, 0.15) is 30.7 Å². The number of carbonyl (C=O) groups is 1. The van der Waals surface area contributed by atoms with E-state index in [9.17, 15) is 4.79 Å². The maximum Gasteiger partial charge on any atom is 0.215 e. The lowest BCUT2D eigenvalue weighted by Gasteiger charge is -2.29. The summed E-state index contributed by atoms with van der Waals surface area (Å²) in [7, 11) is 1.63. The second-order valence-corrected chi connectivity index (χ2v) is 5.49. The minimum atomic E-state index is -0.0254. The van der Waals surface area contributed by atoms with Gasteiger partial charge in [0.1, 0.15) is 11.5 Å². The van der Waals surface area contributed by atoms with Gasteiger partial charge in [0.05, 0.1) is 7.11 Å². The lowest BCUT2D eigenvalue weighted by molar-refractivity contribution is -0.120. The van der Waals surface area contributed by atoms with Crippen molar-refractivity contribution in [2.24, 2.45) is 0 Å². The molecule has 1 fully saturated rings. The molecule has 0 unspecified atom stereocenters. The average molecular weight is 302 g/mol. The van der Waals surface area contributed by atoms with E-state index < -0.39 is 0 Å². The van der Waals surface area contributed by atoms with Gasteiger partial charge in [-0.1, -0.05) is 12.1 Å². The summed E-state index contributed by atoms with van der Waals surface area (Å²) in [6.07, 6.45) is 1.83. The van der Waals surface area contributed by atoms with Gasteiger partial charge in [0.15, 0.2) is 0 Å². The van der Waals surface area contributed by atoms with Crippen LogP contribution in [-0.2, 0) is 4.79 Å². The van der Waals surface area contributed by atoms with Gasteiger partial charge < -0.3 is 15.8 Å². The molecule has 22 heavy (non-hydrogen) atoms. The third-order valence-electron chi connectivity index (χ3n) is 3.96. The number of anilines is 2. The fraction of sp³-hybridized carbons (Fsp3) is 0.400. The minimum Gasteiger partial charge on any atom is -0.497 e. The molecule has 0 radical (unpaired) electrons. The van der Waals surface area contributed by atoms with Crippen LogP contribution < -0.4 is 15.8 Å². The molecule has 7 nitrogen and oxygen atoms in total. The van der Waals surface area contributed by atoms with Crippen LogP contribution in [0.4, 0.5) is 11.6 Å². The molecule has 1 saturated carbocycles. The van der Waals surface area contributed by atoms with E-state index in [0.29, 0.717) is 18.7 Å². The summed E-state index contributed by atoms with van der Waals surface area (Å²) >= 11 is 0. The zero-order valence-corrected chi connectivity index (χ0v) is 12.3. The summed E-state index contributed by atoms with van der Waals surface area (Å²) in [5.74, 6) is 1.81.